The van der Waals surface area contributed by atoms with Crippen LogP contribution in [-0.4, -0.2) is 39.2 Å². The molecule has 4 N–H and O–H groups in total. The van der Waals surface area contributed by atoms with Gasteiger partial charge in [0, 0.05) is 13.1 Å². The van der Waals surface area contributed by atoms with E-state index in [0.29, 0.717) is 18.3 Å². The van der Waals surface area contributed by atoms with E-state index in [9.17, 15) is 5.11 Å². The van der Waals surface area contributed by atoms with Gasteiger partial charge in [0.1, 0.15) is 0 Å². The quantitative estimate of drug-likeness (QED) is 0.505. The Bertz CT molecular complexity index is 355. The maximum atomic E-state index is 9.80. The second-order valence-electron chi connectivity index (χ2n) is 4.61. The lowest BCUT2D eigenvalue weighted by Crippen LogP contribution is -2.42. The van der Waals surface area contributed by atoms with Crippen molar-refractivity contribution in [1.82, 2.24) is 14.9 Å². The highest BCUT2D eigenvalue weighted by Crippen LogP contribution is 2.18. The fourth-order valence-corrected chi connectivity index (χ4v) is 2.00. The number of likely N-dealkylation sites (tertiary alicyclic amines) is 1. The number of nitrogens with two attached hydrogens (primary N) is 1. The summed E-state index contributed by atoms with van der Waals surface area (Å²) in [5.41, 5.74) is 3.34. The number of aromatic nitrogens is 2. The van der Waals surface area contributed by atoms with E-state index in [1.54, 1.807) is 12.4 Å². The zero-order valence-electron chi connectivity index (χ0n) is 10.0. The molecular formula is C11H19N5O. The molecule has 1 aliphatic heterocycles. The Kier molecular flexibility index (Phi) is 3.88. The molecule has 1 aromatic heterocycles. The predicted octanol–water partition coefficient (Wildman–Crippen LogP) is -0.0351. The maximum absolute atomic E-state index is 9.80. The predicted molar refractivity (Wildman–Crippen MR) is 64.9 cm³/mol. The third-order valence-electron chi connectivity index (χ3n) is 3.24. The summed E-state index contributed by atoms with van der Waals surface area (Å²) in [6.07, 6.45) is 4.11. The number of hydrogen-bond donors (Lipinski definition) is 3. The van der Waals surface area contributed by atoms with E-state index in [1.165, 1.54) is 0 Å². The molecule has 1 saturated heterocycles. The van der Waals surface area contributed by atoms with Crippen molar-refractivity contribution in [3.05, 3.63) is 18.1 Å². The van der Waals surface area contributed by atoms with E-state index in [0.717, 1.165) is 25.2 Å². The lowest BCUT2D eigenvalue weighted by molar-refractivity contribution is 0.0254. The van der Waals surface area contributed by atoms with Gasteiger partial charge in [-0.2, -0.15) is 0 Å². The summed E-state index contributed by atoms with van der Waals surface area (Å²) in [6, 6.07) is 0. The first-order valence-corrected chi connectivity index (χ1v) is 5.87. The average Bonchev–Trinajstić information content (AvgIpc) is 2.35. The first-order chi connectivity index (χ1) is 8.19. The first kappa shape index (κ1) is 12.2. The zero-order chi connectivity index (χ0) is 12.3. The Hall–Kier alpha value is -1.24. The third-order valence-corrected chi connectivity index (χ3v) is 3.24. The van der Waals surface area contributed by atoms with Gasteiger partial charge in [0.2, 0.25) is 0 Å². The molecule has 0 amide bonds. The molecule has 0 aromatic carbocycles. The van der Waals surface area contributed by atoms with Crippen LogP contribution in [0.3, 0.4) is 0 Å². The van der Waals surface area contributed by atoms with Gasteiger partial charge >= 0.3 is 0 Å². The van der Waals surface area contributed by atoms with Crippen molar-refractivity contribution in [3.8, 4) is 0 Å². The number of nitrogen functional groups attached to an aromatic ring is 1. The molecule has 6 nitrogen and oxygen atoms in total. The molecule has 6 heteroatoms. The number of β-amino-alcohol motifs (C(OH)–C–C–N with tert-alkyl or cyclic N) is 1. The molecule has 0 aliphatic carbocycles. The Morgan fingerprint density at radius 1 is 1.53 bits per heavy atom. The Balaban J connectivity index is 1.92. The smallest absolute Gasteiger partial charge is 0.158 e. The van der Waals surface area contributed by atoms with Crippen molar-refractivity contribution >= 4 is 5.82 Å². The SMILES string of the molecule is CC1CCN(Cc2cnc(NN)cn2)CC1O. The number of aliphatic hydroxyl groups excluding tert-OH is 1. The molecule has 0 spiro atoms. The summed E-state index contributed by atoms with van der Waals surface area (Å²) in [7, 11) is 0. The van der Waals surface area contributed by atoms with Crippen LogP contribution in [0.1, 0.15) is 19.0 Å². The molecule has 2 unspecified atom stereocenters. The number of anilines is 1. The van der Waals surface area contributed by atoms with Crippen LogP contribution in [0.25, 0.3) is 0 Å². The van der Waals surface area contributed by atoms with Crippen molar-refractivity contribution in [3.63, 3.8) is 0 Å². The zero-order valence-corrected chi connectivity index (χ0v) is 10.0. The van der Waals surface area contributed by atoms with Crippen molar-refractivity contribution < 1.29 is 5.11 Å². The van der Waals surface area contributed by atoms with Crippen molar-refractivity contribution in [1.29, 1.82) is 0 Å². The minimum atomic E-state index is -0.235. The second kappa shape index (κ2) is 5.39. The van der Waals surface area contributed by atoms with Crippen molar-refractivity contribution in [2.75, 3.05) is 18.5 Å². The monoisotopic (exact) mass is 237 g/mol. The number of piperidine rings is 1. The lowest BCUT2D eigenvalue weighted by Gasteiger charge is -2.33. The third kappa shape index (κ3) is 3.12. The molecule has 0 radical (unpaired) electrons. The molecular weight excluding hydrogens is 218 g/mol. The molecule has 1 aliphatic rings. The van der Waals surface area contributed by atoms with Crippen LogP contribution in [0.4, 0.5) is 5.82 Å². The van der Waals surface area contributed by atoms with Crippen LogP contribution in [0.2, 0.25) is 0 Å². The highest BCUT2D eigenvalue weighted by Gasteiger charge is 2.24. The summed E-state index contributed by atoms with van der Waals surface area (Å²) in [5.74, 6) is 6.17. The van der Waals surface area contributed by atoms with E-state index in [-0.39, 0.29) is 6.10 Å². The van der Waals surface area contributed by atoms with E-state index < -0.39 is 0 Å². The molecule has 17 heavy (non-hydrogen) atoms. The standard InChI is InChI=1S/C11H19N5O/c1-8-2-3-16(7-10(8)17)6-9-4-14-11(15-12)5-13-9/h4-5,8,10,17H,2-3,6-7,12H2,1H3,(H,14,15). The highest BCUT2D eigenvalue weighted by molar-refractivity contribution is 5.28. The molecule has 0 saturated carbocycles. The first-order valence-electron chi connectivity index (χ1n) is 5.87. The number of rotatable bonds is 3. The normalized spacial score (nSPS) is 25.8. The number of aliphatic hydroxyl groups is 1. The topological polar surface area (TPSA) is 87.3 Å². The summed E-state index contributed by atoms with van der Waals surface area (Å²) in [5, 5.41) is 9.80. The highest BCUT2D eigenvalue weighted by atomic mass is 16.3. The van der Waals surface area contributed by atoms with E-state index in [1.807, 2.05) is 0 Å². The Morgan fingerprint density at radius 2 is 2.35 bits per heavy atom. The summed E-state index contributed by atoms with van der Waals surface area (Å²) >= 11 is 0. The number of nitrogens with zero attached hydrogens (tertiary/aromatic N) is 3. The fourth-order valence-electron chi connectivity index (χ4n) is 2.00. The molecule has 94 valence electrons. The van der Waals surface area contributed by atoms with Crippen LogP contribution >= 0.6 is 0 Å². The number of nitrogens with one attached hydrogen (secondary N) is 1. The summed E-state index contributed by atoms with van der Waals surface area (Å²) in [4.78, 5) is 10.6. The fraction of sp³-hybridized carbons (Fsp3) is 0.636. The minimum Gasteiger partial charge on any atom is -0.392 e. The second-order valence-corrected chi connectivity index (χ2v) is 4.61. The number of hydrazine groups is 1. The van der Waals surface area contributed by atoms with E-state index in [2.05, 4.69) is 27.2 Å². The van der Waals surface area contributed by atoms with E-state index >= 15 is 0 Å². The molecule has 2 rings (SSSR count). The van der Waals surface area contributed by atoms with Crippen molar-refractivity contribution in [2.24, 2.45) is 11.8 Å². The van der Waals surface area contributed by atoms with Gasteiger partial charge in [-0.25, -0.2) is 10.8 Å². The summed E-state index contributed by atoms with van der Waals surface area (Å²) in [6.45, 7) is 4.52. The van der Waals surface area contributed by atoms with Crippen LogP contribution in [0.5, 0.6) is 0 Å². The van der Waals surface area contributed by atoms with Gasteiger partial charge in [-0.15, -0.1) is 0 Å². The molecule has 1 fully saturated rings. The lowest BCUT2D eigenvalue weighted by atomic mass is 9.96. The number of hydrogen-bond acceptors (Lipinski definition) is 6. The molecule has 1 aromatic rings. The average molecular weight is 237 g/mol. The Labute approximate surface area is 101 Å². The molecule has 0 bridgehead atoms. The van der Waals surface area contributed by atoms with Crippen LogP contribution < -0.4 is 11.3 Å². The van der Waals surface area contributed by atoms with Gasteiger partial charge in [-0.05, 0) is 18.9 Å². The largest absolute Gasteiger partial charge is 0.392 e. The van der Waals surface area contributed by atoms with Crippen LogP contribution in [-0.2, 0) is 6.54 Å². The summed E-state index contributed by atoms with van der Waals surface area (Å²) < 4.78 is 0. The van der Waals surface area contributed by atoms with Gasteiger partial charge < -0.3 is 10.5 Å². The Morgan fingerprint density at radius 3 is 2.94 bits per heavy atom. The van der Waals surface area contributed by atoms with Gasteiger partial charge in [0.15, 0.2) is 5.82 Å². The van der Waals surface area contributed by atoms with E-state index in [4.69, 9.17) is 5.84 Å². The molecule has 2 heterocycles. The maximum Gasteiger partial charge on any atom is 0.158 e. The van der Waals surface area contributed by atoms with Gasteiger partial charge in [0.25, 0.3) is 0 Å². The van der Waals surface area contributed by atoms with Gasteiger partial charge in [-0.1, -0.05) is 6.92 Å². The van der Waals surface area contributed by atoms with Crippen molar-refractivity contribution in [2.45, 2.75) is 26.0 Å². The van der Waals surface area contributed by atoms with Crippen LogP contribution in [0.15, 0.2) is 12.4 Å². The minimum absolute atomic E-state index is 0.235. The van der Waals surface area contributed by atoms with Gasteiger partial charge in [0.05, 0.1) is 24.2 Å². The molecule has 2 atom stereocenters. The van der Waals surface area contributed by atoms with Crippen LogP contribution in [0, 0.1) is 5.92 Å². The van der Waals surface area contributed by atoms with Gasteiger partial charge in [-0.3, -0.25) is 9.88 Å².